The zero-order valence-corrected chi connectivity index (χ0v) is 17.7. The van der Waals surface area contributed by atoms with Crippen LogP contribution in [-0.2, 0) is 14.3 Å². The minimum Gasteiger partial charge on any atom is -0.497 e. The number of hydrogen-bond donors (Lipinski definition) is 0. The van der Waals surface area contributed by atoms with Crippen LogP contribution in [0.4, 0.5) is 5.69 Å². The number of halogens is 2. The molecule has 0 bridgehead atoms. The lowest BCUT2D eigenvalue weighted by atomic mass is 10.0. The molecule has 0 saturated carbocycles. The molecular formula is C22H19Cl2NO4. The van der Waals surface area contributed by atoms with Gasteiger partial charge in [0.1, 0.15) is 5.75 Å². The van der Waals surface area contributed by atoms with Crippen LogP contribution in [0.25, 0.3) is 6.08 Å². The maximum atomic E-state index is 13.3. The lowest BCUT2D eigenvalue weighted by Crippen LogP contribution is -2.24. The third kappa shape index (κ3) is 4.02. The molecule has 7 heteroatoms. The number of hydrogen-bond acceptors (Lipinski definition) is 4. The summed E-state index contributed by atoms with van der Waals surface area (Å²) in [6.07, 6.45) is 1.57. The fourth-order valence-corrected chi connectivity index (χ4v) is 3.47. The summed E-state index contributed by atoms with van der Waals surface area (Å²) in [7, 11) is 1.57. The van der Waals surface area contributed by atoms with Gasteiger partial charge in [-0.3, -0.25) is 9.69 Å². The van der Waals surface area contributed by atoms with E-state index in [0.717, 1.165) is 0 Å². The maximum Gasteiger partial charge on any atom is 0.340 e. The first kappa shape index (κ1) is 21.0. The van der Waals surface area contributed by atoms with Crippen molar-refractivity contribution in [3.63, 3.8) is 0 Å². The summed E-state index contributed by atoms with van der Waals surface area (Å²) in [6, 6.07) is 12.1. The van der Waals surface area contributed by atoms with Crippen LogP contribution in [0.15, 0.2) is 59.3 Å². The first-order valence-corrected chi connectivity index (χ1v) is 9.67. The van der Waals surface area contributed by atoms with E-state index in [1.54, 1.807) is 69.5 Å². The van der Waals surface area contributed by atoms with E-state index in [0.29, 0.717) is 32.7 Å². The second-order valence-electron chi connectivity index (χ2n) is 6.22. The van der Waals surface area contributed by atoms with Gasteiger partial charge in [-0.15, -0.1) is 0 Å². The van der Waals surface area contributed by atoms with E-state index in [2.05, 4.69) is 0 Å². The van der Waals surface area contributed by atoms with Gasteiger partial charge in [-0.1, -0.05) is 35.3 Å². The second kappa shape index (κ2) is 8.72. The Hall–Kier alpha value is -2.76. The van der Waals surface area contributed by atoms with Crippen LogP contribution in [0.3, 0.4) is 0 Å². The molecule has 0 spiro atoms. The van der Waals surface area contributed by atoms with Gasteiger partial charge in [0.15, 0.2) is 0 Å². The lowest BCUT2D eigenvalue weighted by molar-refractivity contribution is -0.138. The molecule has 0 atom stereocenters. The Labute approximate surface area is 179 Å². The number of esters is 1. The molecule has 1 aliphatic rings. The van der Waals surface area contributed by atoms with Gasteiger partial charge in [0.2, 0.25) is 0 Å². The first-order chi connectivity index (χ1) is 13.9. The van der Waals surface area contributed by atoms with E-state index in [9.17, 15) is 9.59 Å². The number of benzene rings is 2. The van der Waals surface area contributed by atoms with Gasteiger partial charge < -0.3 is 9.47 Å². The van der Waals surface area contributed by atoms with Crippen molar-refractivity contribution >= 4 is 46.8 Å². The van der Waals surface area contributed by atoms with Gasteiger partial charge in [0.25, 0.3) is 5.91 Å². The number of methoxy groups -OCH3 is 1. The van der Waals surface area contributed by atoms with Gasteiger partial charge in [0, 0.05) is 11.4 Å². The average molecular weight is 432 g/mol. The molecular weight excluding hydrogens is 413 g/mol. The predicted octanol–water partition coefficient (Wildman–Crippen LogP) is 5.27. The van der Waals surface area contributed by atoms with Gasteiger partial charge in [-0.2, -0.15) is 0 Å². The Morgan fingerprint density at radius 1 is 1.14 bits per heavy atom. The van der Waals surface area contributed by atoms with Crippen LogP contribution in [0, 0.1) is 0 Å². The van der Waals surface area contributed by atoms with E-state index < -0.39 is 5.97 Å². The molecule has 5 nitrogen and oxygen atoms in total. The van der Waals surface area contributed by atoms with Gasteiger partial charge in [0.05, 0.1) is 34.9 Å². The molecule has 0 unspecified atom stereocenters. The summed E-state index contributed by atoms with van der Waals surface area (Å²) < 4.78 is 10.4. The van der Waals surface area contributed by atoms with Crippen LogP contribution in [0.5, 0.6) is 5.75 Å². The Morgan fingerprint density at radius 3 is 2.45 bits per heavy atom. The highest BCUT2D eigenvalue weighted by Crippen LogP contribution is 2.37. The first-order valence-electron chi connectivity index (χ1n) is 8.91. The highest BCUT2D eigenvalue weighted by molar-refractivity contribution is 6.43. The SMILES string of the molecule is CCOC(=O)C1=C(C)N(c2ccc(OC)cc2)C(=O)/C1=C\c1cccc(Cl)c1Cl. The minimum absolute atomic E-state index is 0.192. The number of amides is 1. The summed E-state index contributed by atoms with van der Waals surface area (Å²) in [5.41, 5.74) is 2.01. The Balaban J connectivity index is 2.14. The van der Waals surface area contributed by atoms with Crippen LogP contribution in [0.1, 0.15) is 19.4 Å². The van der Waals surface area contributed by atoms with Gasteiger partial charge in [-0.05, 0) is 55.8 Å². The minimum atomic E-state index is -0.571. The van der Waals surface area contributed by atoms with Crippen molar-refractivity contribution in [1.82, 2.24) is 0 Å². The fraction of sp³-hybridized carbons (Fsp3) is 0.182. The van der Waals surface area contributed by atoms with Crippen LogP contribution < -0.4 is 9.64 Å². The van der Waals surface area contributed by atoms with Crippen LogP contribution in [-0.4, -0.2) is 25.6 Å². The van der Waals surface area contributed by atoms with Crippen molar-refractivity contribution in [2.75, 3.05) is 18.6 Å². The number of allylic oxidation sites excluding steroid dienone is 1. The van der Waals surface area contributed by atoms with Crippen LogP contribution >= 0.6 is 23.2 Å². The third-order valence-corrected chi connectivity index (χ3v) is 5.33. The summed E-state index contributed by atoms with van der Waals surface area (Å²) in [6.45, 7) is 3.61. The smallest absolute Gasteiger partial charge is 0.340 e. The highest BCUT2D eigenvalue weighted by atomic mass is 35.5. The Morgan fingerprint density at radius 2 is 1.83 bits per heavy atom. The normalized spacial score (nSPS) is 15.3. The molecule has 0 aliphatic carbocycles. The molecule has 150 valence electrons. The quantitative estimate of drug-likeness (QED) is 0.477. The van der Waals surface area contributed by atoms with E-state index >= 15 is 0 Å². The number of ether oxygens (including phenoxy) is 2. The standard InChI is InChI=1S/C22H19Cl2NO4/c1-4-29-22(27)19-13(2)25(15-8-10-16(28-3)11-9-15)21(26)17(19)12-14-6-5-7-18(23)20(14)24/h5-12H,4H2,1-3H3/b17-12-. The zero-order chi connectivity index (χ0) is 21.1. The summed E-state index contributed by atoms with van der Waals surface area (Å²) >= 11 is 12.4. The van der Waals surface area contributed by atoms with Crippen molar-refractivity contribution < 1.29 is 19.1 Å². The molecule has 0 saturated heterocycles. The number of carbonyl (C=O) groups is 2. The molecule has 2 aromatic carbocycles. The van der Waals surface area contributed by atoms with E-state index in [-0.39, 0.29) is 23.7 Å². The van der Waals surface area contributed by atoms with Crippen molar-refractivity contribution in [1.29, 1.82) is 0 Å². The third-order valence-electron chi connectivity index (χ3n) is 4.49. The van der Waals surface area contributed by atoms with E-state index in [1.165, 1.54) is 4.90 Å². The number of carbonyl (C=O) groups excluding carboxylic acids is 2. The fourth-order valence-electron chi connectivity index (χ4n) is 3.11. The number of rotatable bonds is 5. The lowest BCUT2D eigenvalue weighted by Gasteiger charge is -2.18. The van der Waals surface area contributed by atoms with Gasteiger partial charge in [-0.25, -0.2) is 4.79 Å². The molecule has 0 N–H and O–H groups in total. The molecule has 0 aromatic heterocycles. The van der Waals surface area contributed by atoms with Crippen molar-refractivity contribution in [2.24, 2.45) is 0 Å². The van der Waals surface area contributed by atoms with Crippen molar-refractivity contribution in [3.8, 4) is 5.75 Å². The number of nitrogens with zero attached hydrogens (tertiary/aromatic N) is 1. The summed E-state index contributed by atoms with van der Waals surface area (Å²) in [5.74, 6) is -0.264. The molecule has 1 amide bonds. The molecule has 1 aliphatic heterocycles. The molecule has 1 heterocycles. The molecule has 0 radical (unpaired) electrons. The molecule has 3 rings (SSSR count). The largest absolute Gasteiger partial charge is 0.497 e. The Kier molecular flexibility index (Phi) is 6.30. The predicted molar refractivity (Wildman–Crippen MR) is 114 cm³/mol. The average Bonchev–Trinajstić information content (AvgIpc) is 2.95. The number of anilines is 1. The molecule has 0 fully saturated rings. The molecule has 2 aromatic rings. The maximum absolute atomic E-state index is 13.3. The Bertz CT molecular complexity index is 1030. The van der Waals surface area contributed by atoms with E-state index in [1.807, 2.05) is 0 Å². The van der Waals surface area contributed by atoms with Crippen LogP contribution in [0.2, 0.25) is 10.0 Å². The monoisotopic (exact) mass is 431 g/mol. The second-order valence-corrected chi connectivity index (χ2v) is 7.01. The van der Waals surface area contributed by atoms with Crippen molar-refractivity contribution in [3.05, 3.63) is 74.9 Å². The summed E-state index contributed by atoms with van der Waals surface area (Å²) in [4.78, 5) is 27.4. The van der Waals surface area contributed by atoms with E-state index in [4.69, 9.17) is 32.7 Å². The molecule has 29 heavy (non-hydrogen) atoms. The highest BCUT2D eigenvalue weighted by Gasteiger charge is 2.38. The topological polar surface area (TPSA) is 55.8 Å². The van der Waals surface area contributed by atoms with Crippen molar-refractivity contribution in [2.45, 2.75) is 13.8 Å². The zero-order valence-electron chi connectivity index (χ0n) is 16.2. The summed E-state index contributed by atoms with van der Waals surface area (Å²) in [5, 5.41) is 0.662. The van der Waals surface area contributed by atoms with Gasteiger partial charge >= 0.3 is 5.97 Å².